The summed E-state index contributed by atoms with van der Waals surface area (Å²) in [6, 6.07) is 12.8. The maximum atomic E-state index is 14.2. The number of nitrogens with zero attached hydrogens (tertiary/aromatic N) is 5. The molecular formula is C26H23FN6O3. The van der Waals surface area contributed by atoms with Crippen LogP contribution in [0.4, 0.5) is 15.8 Å². The monoisotopic (exact) mass is 486 g/mol. The first-order valence-corrected chi connectivity index (χ1v) is 11.7. The molecule has 9 nitrogen and oxygen atoms in total. The summed E-state index contributed by atoms with van der Waals surface area (Å²) in [5, 5.41) is 2.84. The summed E-state index contributed by atoms with van der Waals surface area (Å²) >= 11 is 0. The molecule has 7 rings (SSSR count). The van der Waals surface area contributed by atoms with Crippen LogP contribution in [0.3, 0.4) is 0 Å². The van der Waals surface area contributed by atoms with Gasteiger partial charge in [-0.25, -0.2) is 14.4 Å². The summed E-state index contributed by atoms with van der Waals surface area (Å²) in [5.41, 5.74) is 2.67. The first-order chi connectivity index (χ1) is 17.5. The highest BCUT2D eigenvalue weighted by Crippen LogP contribution is 2.31. The molecule has 0 radical (unpaired) electrons. The van der Waals surface area contributed by atoms with Crippen LogP contribution in [0.2, 0.25) is 0 Å². The molecule has 1 N–H and O–H groups in total. The molecule has 182 valence electrons. The lowest BCUT2D eigenvalue weighted by Crippen LogP contribution is -2.55. The number of piperazine rings is 1. The molecule has 3 aliphatic heterocycles. The topological polar surface area (TPSA) is 92.6 Å². The smallest absolute Gasteiger partial charge is 0.257 e. The SMILES string of the molecule is CC1CN2CCN1C(=O)Cn1cnc3cccc(c31)Oc1cc(ccn1)NC(=O)c1cc(F)ccc12. The van der Waals surface area contributed by atoms with Crippen molar-refractivity contribution in [3.05, 3.63) is 72.4 Å². The average molecular weight is 487 g/mol. The second kappa shape index (κ2) is 8.63. The van der Waals surface area contributed by atoms with Crippen molar-refractivity contribution in [3.63, 3.8) is 0 Å². The van der Waals surface area contributed by atoms with Crippen molar-refractivity contribution < 1.29 is 18.7 Å². The Kier molecular flexibility index (Phi) is 5.28. The highest BCUT2D eigenvalue weighted by Gasteiger charge is 2.30. The molecular weight excluding hydrogens is 463 g/mol. The summed E-state index contributed by atoms with van der Waals surface area (Å²) in [7, 11) is 0. The van der Waals surface area contributed by atoms with E-state index in [4.69, 9.17) is 4.74 Å². The van der Waals surface area contributed by atoms with Gasteiger partial charge in [-0.3, -0.25) is 9.59 Å². The van der Waals surface area contributed by atoms with Gasteiger partial charge >= 0.3 is 0 Å². The number of ether oxygens (including phenoxy) is 1. The molecule has 3 aliphatic rings. The van der Waals surface area contributed by atoms with E-state index in [1.807, 2.05) is 28.9 Å². The Morgan fingerprint density at radius 2 is 1.97 bits per heavy atom. The second-order valence-corrected chi connectivity index (χ2v) is 8.98. The van der Waals surface area contributed by atoms with Gasteiger partial charge in [-0.1, -0.05) is 6.07 Å². The largest absolute Gasteiger partial charge is 0.437 e. The molecule has 2 aromatic heterocycles. The standard InChI is InChI=1S/C26H23FN6O3/c1-16-13-31-9-10-33(16)24(34)14-32-15-29-20-3-2-4-22(25(20)32)36-23-12-18(7-8-28-23)30-26(35)19-11-17(27)5-6-21(19)31/h2-8,11-12,15-16H,9-10,13-14H2,1H3,(H,30,35). The van der Waals surface area contributed by atoms with Crippen LogP contribution in [0.25, 0.3) is 11.0 Å². The van der Waals surface area contributed by atoms with Crippen molar-refractivity contribution in [1.29, 1.82) is 0 Å². The molecule has 0 saturated carbocycles. The van der Waals surface area contributed by atoms with Crippen LogP contribution < -0.4 is 15.0 Å². The Labute approximate surface area is 206 Å². The highest BCUT2D eigenvalue weighted by molar-refractivity contribution is 6.08. The fraction of sp³-hybridized carbons (Fsp3) is 0.231. The number of rotatable bonds is 0. The van der Waals surface area contributed by atoms with Gasteiger partial charge < -0.3 is 24.4 Å². The maximum Gasteiger partial charge on any atom is 0.257 e. The fourth-order valence-corrected chi connectivity index (χ4v) is 4.90. The van der Waals surface area contributed by atoms with Crippen LogP contribution in [-0.4, -0.2) is 56.9 Å². The van der Waals surface area contributed by atoms with E-state index in [9.17, 15) is 14.0 Å². The van der Waals surface area contributed by atoms with E-state index in [0.29, 0.717) is 47.8 Å². The highest BCUT2D eigenvalue weighted by atomic mass is 19.1. The summed E-state index contributed by atoms with van der Waals surface area (Å²) < 4.78 is 22.1. The van der Waals surface area contributed by atoms with Crippen LogP contribution in [0.5, 0.6) is 11.6 Å². The number of carbonyl (C=O) groups excluding carboxylic acids is 2. The molecule has 0 spiro atoms. The van der Waals surface area contributed by atoms with Gasteiger partial charge in [0.1, 0.15) is 17.9 Å². The van der Waals surface area contributed by atoms with Crippen molar-refractivity contribution in [3.8, 4) is 11.6 Å². The molecule has 2 aromatic carbocycles. The zero-order chi connectivity index (χ0) is 24.8. The summed E-state index contributed by atoms with van der Waals surface area (Å²) in [6.45, 7) is 3.57. The normalized spacial score (nSPS) is 18.0. The second-order valence-electron chi connectivity index (χ2n) is 8.98. The lowest BCUT2D eigenvalue weighted by atomic mass is 10.1. The van der Waals surface area contributed by atoms with Crippen LogP contribution in [0.15, 0.2) is 61.1 Å². The molecule has 1 saturated heterocycles. The molecule has 36 heavy (non-hydrogen) atoms. The van der Waals surface area contributed by atoms with Gasteiger partial charge in [-0.05, 0) is 43.3 Å². The van der Waals surface area contributed by atoms with E-state index >= 15 is 0 Å². The van der Waals surface area contributed by atoms with Crippen LogP contribution in [-0.2, 0) is 11.3 Å². The number of carbonyl (C=O) groups is 2. The van der Waals surface area contributed by atoms with Crippen molar-refractivity contribution in [2.75, 3.05) is 29.9 Å². The Bertz CT molecular complexity index is 1500. The number of anilines is 2. The quantitative estimate of drug-likeness (QED) is 0.408. The number of aromatic nitrogens is 3. The number of para-hydroxylation sites is 1. The van der Waals surface area contributed by atoms with Crippen molar-refractivity contribution in [2.24, 2.45) is 0 Å². The minimum atomic E-state index is -0.501. The third kappa shape index (κ3) is 3.90. The van der Waals surface area contributed by atoms with E-state index < -0.39 is 11.7 Å². The van der Waals surface area contributed by atoms with E-state index in [1.54, 1.807) is 35.2 Å². The van der Waals surface area contributed by atoms with Crippen LogP contribution in [0.1, 0.15) is 17.3 Å². The number of imidazole rings is 1. The van der Waals surface area contributed by atoms with E-state index in [1.165, 1.54) is 18.3 Å². The minimum absolute atomic E-state index is 0.0437. The molecule has 1 unspecified atom stereocenters. The van der Waals surface area contributed by atoms with Crippen molar-refractivity contribution >= 4 is 34.2 Å². The molecule has 5 heterocycles. The third-order valence-electron chi connectivity index (χ3n) is 6.61. The molecule has 0 aliphatic carbocycles. The first-order valence-electron chi connectivity index (χ1n) is 11.7. The molecule has 4 bridgehead atoms. The number of hydrogen-bond acceptors (Lipinski definition) is 6. The van der Waals surface area contributed by atoms with Crippen LogP contribution in [0, 0.1) is 5.82 Å². The summed E-state index contributed by atoms with van der Waals surface area (Å²) in [5.74, 6) is -0.248. The molecule has 10 heteroatoms. The van der Waals surface area contributed by atoms with Gasteiger partial charge in [0.05, 0.1) is 17.4 Å². The Morgan fingerprint density at radius 3 is 2.83 bits per heavy atom. The fourth-order valence-electron chi connectivity index (χ4n) is 4.90. The van der Waals surface area contributed by atoms with Gasteiger partial charge in [-0.15, -0.1) is 0 Å². The van der Waals surface area contributed by atoms with Crippen LogP contribution >= 0.6 is 0 Å². The zero-order valence-electron chi connectivity index (χ0n) is 19.5. The van der Waals surface area contributed by atoms with Gasteiger partial charge in [0.15, 0.2) is 5.75 Å². The van der Waals surface area contributed by atoms with Gasteiger partial charge in [0.2, 0.25) is 11.8 Å². The van der Waals surface area contributed by atoms with E-state index in [2.05, 4.69) is 15.3 Å². The van der Waals surface area contributed by atoms with E-state index in [-0.39, 0.29) is 29.9 Å². The zero-order valence-corrected chi connectivity index (χ0v) is 19.5. The number of fused-ring (bicyclic) bond motifs is 4. The van der Waals surface area contributed by atoms with Crippen molar-refractivity contribution in [2.45, 2.75) is 19.5 Å². The maximum absolute atomic E-state index is 14.2. The minimum Gasteiger partial charge on any atom is -0.437 e. The molecule has 1 fully saturated rings. The van der Waals surface area contributed by atoms with Gasteiger partial charge in [-0.2, -0.15) is 0 Å². The average Bonchev–Trinajstić information content (AvgIpc) is 3.27. The third-order valence-corrected chi connectivity index (χ3v) is 6.61. The number of pyridine rings is 1. The number of nitrogens with one attached hydrogen (secondary N) is 1. The lowest BCUT2D eigenvalue weighted by molar-refractivity contribution is -0.134. The van der Waals surface area contributed by atoms with Gasteiger partial charge in [0, 0.05) is 49.3 Å². The first kappa shape index (κ1) is 22.0. The lowest BCUT2D eigenvalue weighted by Gasteiger charge is -2.41. The summed E-state index contributed by atoms with van der Waals surface area (Å²) in [6.07, 6.45) is 3.16. The number of halogens is 1. The molecule has 2 amide bonds. The predicted molar refractivity (Wildman–Crippen MR) is 132 cm³/mol. The Balaban J connectivity index is 1.47. The number of hydrogen-bond donors (Lipinski definition) is 1. The van der Waals surface area contributed by atoms with Crippen molar-refractivity contribution in [1.82, 2.24) is 19.4 Å². The number of amides is 2. The Morgan fingerprint density at radius 1 is 1.08 bits per heavy atom. The molecule has 4 aromatic rings. The number of benzene rings is 2. The Hall–Kier alpha value is -4.47. The van der Waals surface area contributed by atoms with Gasteiger partial charge in [0.25, 0.3) is 5.91 Å². The molecule has 1 atom stereocenters. The predicted octanol–water partition coefficient (Wildman–Crippen LogP) is 3.67. The summed E-state index contributed by atoms with van der Waals surface area (Å²) in [4.78, 5) is 39.2. The van der Waals surface area contributed by atoms with E-state index in [0.717, 1.165) is 0 Å².